The van der Waals surface area contributed by atoms with Crippen LogP contribution in [0.1, 0.15) is 35.1 Å². The van der Waals surface area contributed by atoms with E-state index in [0.29, 0.717) is 12.3 Å². The second kappa shape index (κ2) is 15.2. The number of aliphatic imine (C=N–C) groups is 1. The molecule has 228 valence electrons. The number of nitrogens with one attached hydrogen (secondary N) is 2. The third-order valence-electron chi connectivity index (χ3n) is 7.45. The molecule has 1 fully saturated rings. The van der Waals surface area contributed by atoms with Crippen LogP contribution < -0.4 is 10.1 Å². The van der Waals surface area contributed by atoms with Crippen LogP contribution in [-0.4, -0.2) is 68.4 Å². The molecule has 9 nitrogen and oxygen atoms in total. The van der Waals surface area contributed by atoms with Crippen LogP contribution in [0.15, 0.2) is 65.0 Å². The molecule has 1 saturated heterocycles. The third kappa shape index (κ3) is 8.14. The summed E-state index contributed by atoms with van der Waals surface area (Å²) in [6.45, 7) is 7.26. The first-order valence-corrected chi connectivity index (χ1v) is 14.0. The first kappa shape index (κ1) is 31.6. The molecule has 0 atom stereocenters. The highest BCUT2D eigenvalue weighted by Crippen LogP contribution is 2.32. The highest BCUT2D eigenvalue weighted by atomic mass is 19.1. The summed E-state index contributed by atoms with van der Waals surface area (Å²) in [4.78, 5) is 17.7. The number of carboxylic acid groups (broad SMARTS) is 1. The number of rotatable bonds is 13. The number of hydrogen-bond acceptors (Lipinski definition) is 8. The van der Waals surface area contributed by atoms with Crippen molar-refractivity contribution in [3.8, 4) is 5.75 Å². The number of carboxylic acids is 1. The number of hydrogen-bond donors (Lipinski definition) is 3. The van der Waals surface area contributed by atoms with E-state index < -0.39 is 17.6 Å². The third-order valence-corrected chi connectivity index (χ3v) is 7.45. The van der Waals surface area contributed by atoms with E-state index in [2.05, 4.69) is 34.1 Å². The Labute approximate surface area is 249 Å². The molecule has 0 saturated carbocycles. The molecular formula is C32H36F2N4O5. The number of allylic oxidation sites excluding steroid dienone is 2. The summed E-state index contributed by atoms with van der Waals surface area (Å²) in [6, 6.07) is 8.61. The number of halogens is 2. The van der Waals surface area contributed by atoms with Gasteiger partial charge in [-0.25, -0.2) is 13.6 Å². The highest BCUT2D eigenvalue weighted by Gasteiger charge is 2.25. The average Bonchev–Trinajstić information content (AvgIpc) is 3.01. The Balaban J connectivity index is 1.45. The van der Waals surface area contributed by atoms with Gasteiger partial charge in [0, 0.05) is 56.7 Å². The molecular weight excluding hydrogens is 558 g/mol. The second-order valence-electron chi connectivity index (χ2n) is 10.1. The van der Waals surface area contributed by atoms with Crippen LogP contribution in [0.4, 0.5) is 8.78 Å². The molecule has 2 aromatic carbocycles. The lowest BCUT2D eigenvalue weighted by atomic mass is 9.95. The zero-order valence-corrected chi connectivity index (χ0v) is 24.1. The molecule has 2 aliphatic heterocycles. The Hall–Kier alpha value is -4.35. The van der Waals surface area contributed by atoms with Crippen molar-refractivity contribution in [1.29, 1.82) is 5.41 Å². The Kier molecular flexibility index (Phi) is 11.2. The topological polar surface area (TPSA) is 116 Å². The van der Waals surface area contributed by atoms with Gasteiger partial charge in [0.1, 0.15) is 18.0 Å². The molecule has 0 radical (unpaired) electrons. The number of ether oxygens (including phenoxy) is 3. The van der Waals surface area contributed by atoms with Crippen molar-refractivity contribution in [2.24, 2.45) is 4.99 Å². The van der Waals surface area contributed by atoms with Crippen LogP contribution in [0.2, 0.25) is 0 Å². The van der Waals surface area contributed by atoms with Gasteiger partial charge < -0.3 is 30.0 Å². The summed E-state index contributed by atoms with van der Waals surface area (Å²) in [5.41, 5.74) is 3.35. The lowest BCUT2D eigenvalue weighted by molar-refractivity contribution is -0.132. The van der Waals surface area contributed by atoms with E-state index in [9.17, 15) is 13.6 Å². The number of nitrogens with zero attached hydrogens (tertiary/aromatic N) is 2. The normalized spacial score (nSPS) is 16.8. The number of carbonyl (C=O) groups is 1. The summed E-state index contributed by atoms with van der Waals surface area (Å²) in [7, 11) is 1.28. The molecule has 2 heterocycles. The lowest BCUT2D eigenvalue weighted by Gasteiger charge is -2.37. The first-order chi connectivity index (χ1) is 20.8. The fourth-order valence-corrected chi connectivity index (χ4v) is 5.24. The molecule has 2 aromatic rings. The molecule has 0 aliphatic carbocycles. The largest absolute Gasteiger partial charge is 0.485 e. The zero-order chi connectivity index (χ0) is 30.8. The number of fused-ring (bicyclic) bond motifs is 1. The average molecular weight is 595 g/mol. The van der Waals surface area contributed by atoms with Crippen molar-refractivity contribution in [2.75, 3.05) is 33.4 Å². The zero-order valence-electron chi connectivity index (χ0n) is 24.1. The Morgan fingerprint density at radius 1 is 1.26 bits per heavy atom. The summed E-state index contributed by atoms with van der Waals surface area (Å²) in [5.74, 6) is -3.18. The smallest absolute Gasteiger partial charge is 0.342 e. The van der Waals surface area contributed by atoms with Crippen LogP contribution in [0.5, 0.6) is 5.75 Å². The molecule has 2 aliphatic rings. The van der Waals surface area contributed by atoms with Gasteiger partial charge in [-0.3, -0.25) is 9.89 Å². The van der Waals surface area contributed by atoms with Crippen LogP contribution in [0.3, 0.4) is 0 Å². The highest BCUT2D eigenvalue weighted by molar-refractivity contribution is 6.07. The summed E-state index contributed by atoms with van der Waals surface area (Å²) < 4.78 is 45.6. The standard InChI is InChI=1S/C32H36F2N4O5/c1-36-29(5-3-4-11-37-31(41-2)27(18-35)32(39)40)26-16-24(33)17-28(34)30(26)43-20-21-6-7-23-19-38(12-8-22(23)15-21)25-9-13-42-14-10-25/h3-7,15-18,25,35,37H,1,8-14,19-20H2,2H3,(H,39,40)/b4-3-,29-5-,31-27-,35-18?. The fraction of sp³-hybridized carbons (Fsp3) is 0.344. The predicted molar refractivity (Wildman–Crippen MR) is 160 cm³/mol. The molecule has 3 N–H and O–H groups in total. The molecule has 0 spiro atoms. The van der Waals surface area contributed by atoms with E-state index in [4.69, 9.17) is 24.7 Å². The first-order valence-electron chi connectivity index (χ1n) is 14.0. The van der Waals surface area contributed by atoms with E-state index in [1.807, 2.05) is 6.07 Å². The molecule has 0 aromatic heterocycles. The SMILES string of the molecule is C=N/C(=C\C=C/CN/C(OC)=C(\C=N)C(=O)O)c1cc(F)cc(F)c1OCc1ccc2c(c1)CCN(C1CCOCC1)C2. The second-order valence-corrected chi connectivity index (χ2v) is 10.1. The van der Waals surface area contributed by atoms with E-state index in [0.717, 1.165) is 63.3 Å². The molecule has 11 heteroatoms. The number of methoxy groups -OCH3 is 1. The van der Waals surface area contributed by atoms with Crippen LogP contribution in [0, 0.1) is 17.0 Å². The summed E-state index contributed by atoms with van der Waals surface area (Å²) in [6.07, 6.45) is 8.38. The van der Waals surface area contributed by atoms with Gasteiger partial charge in [-0.15, -0.1) is 0 Å². The summed E-state index contributed by atoms with van der Waals surface area (Å²) >= 11 is 0. The van der Waals surface area contributed by atoms with Crippen molar-refractivity contribution in [3.63, 3.8) is 0 Å². The maximum atomic E-state index is 15.0. The molecule has 0 unspecified atom stereocenters. The number of aliphatic carboxylic acids is 1. The number of benzene rings is 2. The van der Waals surface area contributed by atoms with E-state index in [1.165, 1.54) is 24.3 Å². The Morgan fingerprint density at radius 3 is 2.74 bits per heavy atom. The van der Waals surface area contributed by atoms with Crippen molar-refractivity contribution < 1.29 is 32.9 Å². The van der Waals surface area contributed by atoms with Gasteiger partial charge in [-0.05, 0) is 54.8 Å². The lowest BCUT2D eigenvalue weighted by Crippen LogP contribution is -2.42. The van der Waals surface area contributed by atoms with Crippen molar-refractivity contribution in [2.45, 2.75) is 38.5 Å². The van der Waals surface area contributed by atoms with Crippen molar-refractivity contribution >= 4 is 24.6 Å². The van der Waals surface area contributed by atoms with Crippen LogP contribution >= 0.6 is 0 Å². The minimum atomic E-state index is -1.31. The fourth-order valence-electron chi connectivity index (χ4n) is 5.24. The van der Waals surface area contributed by atoms with E-state index in [1.54, 1.807) is 12.2 Å². The molecule has 0 bridgehead atoms. The predicted octanol–water partition coefficient (Wildman–Crippen LogP) is 4.86. The van der Waals surface area contributed by atoms with Gasteiger partial charge in [-0.1, -0.05) is 30.4 Å². The summed E-state index contributed by atoms with van der Waals surface area (Å²) in [5, 5.41) is 19.1. The maximum absolute atomic E-state index is 15.0. The van der Waals surface area contributed by atoms with E-state index in [-0.39, 0.29) is 41.6 Å². The van der Waals surface area contributed by atoms with Gasteiger partial charge in [0.25, 0.3) is 0 Å². The molecule has 43 heavy (non-hydrogen) atoms. The van der Waals surface area contributed by atoms with Gasteiger partial charge in [0.15, 0.2) is 11.6 Å². The molecule has 0 amide bonds. The minimum Gasteiger partial charge on any atom is -0.485 e. The molecule has 4 rings (SSSR count). The van der Waals surface area contributed by atoms with Gasteiger partial charge in [0.2, 0.25) is 5.88 Å². The van der Waals surface area contributed by atoms with Crippen molar-refractivity contribution in [3.05, 3.63) is 93.9 Å². The van der Waals surface area contributed by atoms with Gasteiger partial charge in [0.05, 0.1) is 12.8 Å². The van der Waals surface area contributed by atoms with Gasteiger partial charge in [-0.2, -0.15) is 0 Å². The van der Waals surface area contributed by atoms with Gasteiger partial charge >= 0.3 is 5.97 Å². The van der Waals surface area contributed by atoms with Crippen molar-refractivity contribution in [1.82, 2.24) is 10.2 Å². The minimum absolute atomic E-state index is 0.0834. The Morgan fingerprint density at radius 2 is 2.05 bits per heavy atom. The van der Waals surface area contributed by atoms with Crippen LogP contribution in [0.25, 0.3) is 5.70 Å². The quantitative estimate of drug-likeness (QED) is 0.131. The van der Waals surface area contributed by atoms with Crippen LogP contribution in [-0.2, 0) is 33.8 Å². The maximum Gasteiger partial charge on any atom is 0.342 e. The van der Waals surface area contributed by atoms with E-state index >= 15 is 0 Å². The monoisotopic (exact) mass is 594 g/mol. The Bertz CT molecular complexity index is 1430.